The summed E-state index contributed by atoms with van der Waals surface area (Å²) in [5, 5.41) is 7.84. The second kappa shape index (κ2) is 4.17. The maximum Gasteiger partial charge on any atom is 0.181 e. The third kappa shape index (κ3) is 1.90. The first-order valence-electron chi connectivity index (χ1n) is 4.79. The van der Waals surface area contributed by atoms with Crippen molar-refractivity contribution in [2.75, 3.05) is 0 Å². The minimum absolute atomic E-state index is 0.0706. The molecule has 0 aliphatic heterocycles. The number of rotatable bonds is 2. The number of hydrogen-bond donors (Lipinski definition) is 0. The van der Waals surface area contributed by atoms with Gasteiger partial charge in [0, 0.05) is 11.4 Å². The van der Waals surface area contributed by atoms with E-state index in [0.717, 1.165) is 15.9 Å². The predicted molar refractivity (Wildman–Crippen MR) is 63.8 cm³/mol. The SMILES string of the molecule is CC(=O)c1nnn(-c2cccc(Br)c2)c1C. The van der Waals surface area contributed by atoms with Gasteiger partial charge in [-0.15, -0.1) is 5.10 Å². The van der Waals surface area contributed by atoms with E-state index in [1.165, 1.54) is 6.92 Å². The molecule has 0 radical (unpaired) electrons. The van der Waals surface area contributed by atoms with Crippen LogP contribution in [-0.2, 0) is 0 Å². The fraction of sp³-hybridized carbons (Fsp3) is 0.182. The summed E-state index contributed by atoms with van der Waals surface area (Å²) in [4.78, 5) is 11.3. The van der Waals surface area contributed by atoms with Gasteiger partial charge >= 0.3 is 0 Å². The Kier molecular flexibility index (Phi) is 2.87. The van der Waals surface area contributed by atoms with E-state index < -0.39 is 0 Å². The van der Waals surface area contributed by atoms with Crippen LogP contribution in [0, 0.1) is 6.92 Å². The number of ketones is 1. The predicted octanol–water partition coefficient (Wildman–Crippen LogP) is 2.54. The van der Waals surface area contributed by atoms with Crippen LogP contribution in [0.15, 0.2) is 28.7 Å². The Morgan fingerprint density at radius 3 is 2.75 bits per heavy atom. The monoisotopic (exact) mass is 279 g/mol. The van der Waals surface area contributed by atoms with Crippen LogP contribution < -0.4 is 0 Å². The molecule has 0 saturated carbocycles. The summed E-state index contributed by atoms with van der Waals surface area (Å²) < 4.78 is 2.62. The molecule has 0 atom stereocenters. The number of halogens is 1. The van der Waals surface area contributed by atoms with Gasteiger partial charge in [-0.2, -0.15) is 0 Å². The van der Waals surface area contributed by atoms with Crippen molar-refractivity contribution in [3.63, 3.8) is 0 Å². The van der Waals surface area contributed by atoms with E-state index in [9.17, 15) is 4.79 Å². The van der Waals surface area contributed by atoms with Gasteiger partial charge < -0.3 is 0 Å². The van der Waals surface area contributed by atoms with Crippen LogP contribution in [0.3, 0.4) is 0 Å². The van der Waals surface area contributed by atoms with Gasteiger partial charge in [0.05, 0.1) is 11.4 Å². The molecule has 4 nitrogen and oxygen atoms in total. The summed E-state index contributed by atoms with van der Waals surface area (Å²) in [5.74, 6) is -0.0706. The average molecular weight is 280 g/mol. The molecule has 1 aromatic heterocycles. The lowest BCUT2D eigenvalue weighted by molar-refractivity contribution is 0.101. The largest absolute Gasteiger partial charge is 0.293 e. The molecule has 5 heteroatoms. The molecule has 0 bridgehead atoms. The molecule has 2 rings (SSSR count). The van der Waals surface area contributed by atoms with Crippen molar-refractivity contribution < 1.29 is 4.79 Å². The van der Waals surface area contributed by atoms with Crippen LogP contribution in [0.25, 0.3) is 5.69 Å². The molecule has 0 unspecified atom stereocenters. The lowest BCUT2D eigenvalue weighted by atomic mass is 10.2. The van der Waals surface area contributed by atoms with Crippen molar-refractivity contribution in [3.8, 4) is 5.69 Å². The number of benzene rings is 1. The van der Waals surface area contributed by atoms with Crippen LogP contribution >= 0.6 is 15.9 Å². The Labute approximate surface area is 101 Å². The summed E-state index contributed by atoms with van der Waals surface area (Å²) in [6.45, 7) is 3.32. The summed E-state index contributed by atoms with van der Waals surface area (Å²) in [6.07, 6.45) is 0. The van der Waals surface area contributed by atoms with Gasteiger partial charge in [0.15, 0.2) is 11.5 Å². The van der Waals surface area contributed by atoms with E-state index in [1.54, 1.807) is 4.68 Å². The lowest BCUT2D eigenvalue weighted by Gasteiger charge is -2.03. The van der Waals surface area contributed by atoms with E-state index in [0.29, 0.717) is 5.69 Å². The van der Waals surface area contributed by atoms with E-state index in [4.69, 9.17) is 0 Å². The molecule has 16 heavy (non-hydrogen) atoms. The number of nitrogens with zero attached hydrogens (tertiary/aromatic N) is 3. The molecule has 0 aliphatic rings. The van der Waals surface area contributed by atoms with Crippen molar-refractivity contribution in [1.29, 1.82) is 0 Å². The highest BCUT2D eigenvalue weighted by Gasteiger charge is 2.13. The van der Waals surface area contributed by atoms with E-state index in [1.807, 2.05) is 31.2 Å². The van der Waals surface area contributed by atoms with E-state index in [-0.39, 0.29) is 5.78 Å². The molecule has 82 valence electrons. The quantitative estimate of drug-likeness (QED) is 0.794. The van der Waals surface area contributed by atoms with Gasteiger partial charge in [0.1, 0.15) is 0 Å². The van der Waals surface area contributed by atoms with Gasteiger partial charge in [-0.05, 0) is 25.1 Å². The van der Waals surface area contributed by atoms with Gasteiger partial charge in [-0.1, -0.05) is 27.2 Å². The molecule has 0 fully saturated rings. The van der Waals surface area contributed by atoms with Crippen molar-refractivity contribution in [2.45, 2.75) is 13.8 Å². The smallest absolute Gasteiger partial charge is 0.181 e. The molecule has 0 saturated heterocycles. The third-order valence-electron chi connectivity index (χ3n) is 2.28. The van der Waals surface area contributed by atoms with Gasteiger partial charge in [-0.3, -0.25) is 4.79 Å². The number of carbonyl (C=O) groups excluding carboxylic acids is 1. The van der Waals surface area contributed by atoms with Crippen molar-refractivity contribution >= 4 is 21.7 Å². The van der Waals surface area contributed by atoms with Gasteiger partial charge in [0.2, 0.25) is 0 Å². The van der Waals surface area contributed by atoms with Crippen molar-refractivity contribution in [3.05, 3.63) is 40.1 Å². The maximum absolute atomic E-state index is 11.3. The molecular formula is C11H10BrN3O. The van der Waals surface area contributed by atoms with Gasteiger partial charge in [0.25, 0.3) is 0 Å². The van der Waals surface area contributed by atoms with Crippen LogP contribution in [0.2, 0.25) is 0 Å². The number of Topliss-reactive ketones (excluding diaryl/α,β-unsaturated/α-hetero) is 1. The van der Waals surface area contributed by atoms with Crippen molar-refractivity contribution in [1.82, 2.24) is 15.0 Å². The minimum Gasteiger partial charge on any atom is -0.293 e. The second-order valence-electron chi connectivity index (χ2n) is 3.47. The second-order valence-corrected chi connectivity index (χ2v) is 4.39. The summed E-state index contributed by atoms with van der Waals surface area (Å²) in [6, 6.07) is 7.68. The fourth-order valence-electron chi connectivity index (χ4n) is 1.51. The van der Waals surface area contributed by atoms with Crippen LogP contribution in [0.5, 0.6) is 0 Å². The maximum atomic E-state index is 11.3. The van der Waals surface area contributed by atoms with E-state index in [2.05, 4.69) is 26.2 Å². The Morgan fingerprint density at radius 2 is 2.19 bits per heavy atom. The first-order chi connectivity index (χ1) is 7.59. The van der Waals surface area contributed by atoms with Crippen LogP contribution in [0.1, 0.15) is 23.1 Å². The Morgan fingerprint density at radius 1 is 1.44 bits per heavy atom. The van der Waals surface area contributed by atoms with Gasteiger partial charge in [-0.25, -0.2) is 4.68 Å². The molecule has 0 amide bonds. The fourth-order valence-corrected chi connectivity index (χ4v) is 1.89. The zero-order chi connectivity index (χ0) is 11.7. The molecule has 2 aromatic rings. The first kappa shape index (κ1) is 11.0. The Bertz CT molecular complexity index is 548. The zero-order valence-electron chi connectivity index (χ0n) is 8.94. The molecule has 1 aromatic carbocycles. The lowest BCUT2D eigenvalue weighted by Crippen LogP contribution is -2.00. The zero-order valence-corrected chi connectivity index (χ0v) is 10.5. The molecule has 0 aliphatic carbocycles. The summed E-state index contributed by atoms with van der Waals surface area (Å²) in [5.41, 5.74) is 2.05. The molecule has 1 heterocycles. The summed E-state index contributed by atoms with van der Waals surface area (Å²) in [7, 11) is 0. The number of hydrogen-bond acceptors (Lipinski definition) is 3. The highest BCUT2D eigenvalue weighted by atomic mass is 79.9. The molecular weight excluding hydrogens is 270 g/mol. The standard InChI is InChI=1S/C11H10BrN3O/c1-7-11(8(2)16)13-14-15(7)10-5-3-4-9(12)6-10/h3-6H,1-2H3. The average Bonchev–Trinajstić information content (AvgIpc) is 2.60. The molecule has 0 N–H and O–H groups in total. The minimum atomic E-state index is -0.0706. The van der Waals surface area contributed by atoms with Crippen molar-refractivity contribution in [2.24, 2.45) is 0 Å². The van der Waals surface area contributed by atoms with Crippen LogP contribution in [-0.4, -0.2) is 20.8 Å². The Hall–Kier alpha value is -1.49. The van der Waals surface area contributed by atoms with E-state index >= 15 is 0 Å². The third-order valence-corrected chi connectivity index (χ3v) is 2.77. The normalized spacial score (nSPS) is 10.4. The summed E-state index contributed by atoms with van der Waals surface area (Å²) >= 11 is 3.39. The number of carbonyl (C=O) groups is 1. The van der Waals surface area contributed by atoms with Crippen LogP contribution in [0.4, 0.5) is 0 Å². The molecule has 0 spiro atoms. The highest BCUT2D eigenvalue weighted by Crippen LogP contribution is 2.17. The Balaban J connectivity index is 2.53. The number of aromatic nitrogens is 3. The topological polar surface area (TPSA) is 47.8 Å². The highest BCUT2D eigenvalue weighted by molar-refractivity contribution is 9.10. The first-order valence-corrected chi connectivity index (χ1v) is 5.58.